The van der Waals surface area contributed by atoms with Gasteiger partial charge in [0.2, 0.25) is 0 Å². The fourth-order valence-corrected chi connectivity index (χ4v) is 4.52. The summed E-state index contributed by atoms with van der Waals surface area (Å²) in [6.45, 7) is 5.43. The molecule has 0 aliphatic carbocycles. The maximum Gasteiger partial charge on any atom is 0.0726 e. The Labute approximate surface area is 214 Å². The second-order valence-electron chi connectivity index (χ2n) is 8.60. The van der Waals surface area contributed by atoms with E-state index in [2.05, 4.69) is 83.1 Å². The molecule has 4 nitrogen and oxygen atoms in total. The number of anilines is 4. The average molecular weight is 495 g/mol. The highest BCUT2D eigenvalue weighted by molar-refractivity contribution is 5.95. The van der Waals surface area contributed by atoms with Crippen molar-refractivity contribution in [3.8, 4) is 0 Å². The van der Waals surface area contributed by atoms with E-state index in [0.717, 1.165) is 34.8 Å². The van der Waals surface area contributed by atoms with E-state index >= 15 is 0 Å². The molecule has 178 valence electrons. The molecule has 5 rings (SSSR count). The van der Waals surface area contributed by atoms with Gasteiger partial charge in [0.05, 0.1) is 11.2 Å². The van der Waals surface area contributed by atoms with Crippen LogP contribution in [0, 0.1) is 6.92 Å². The van der Waals surface area contributed by atoms with Crippen LogP contribution >= 0.6 is 24.8 Å². The third kappa shape index (κ3) is 6.01. The van der Waals surface area contributed by atoms with E-state index < -0.39 is 0 Å². The molecule has 3 aromatic carbocycles. The molecule has 34 heavy (non-hydrogen) atoms. The number of para-hydroxylation sites is 2. The van der Waals surface area contributed by atoms with Crippen molar-refractivity contribution in [3.05, 3.63) is 90.1 Å². The number of piperidine rings is 1. The molecular formula is C28H32Cl2N4. The smallest absolute Gasteiger partial charge is 0.0726 e. The van der Waals surface area contributed by atoms with Crippen LogP contribution in [0.25, 0.3) is 10.9 Å². The summed E-state index contributed by atoms with van der Waals surface area (Å²) in [5.41, 5.74) is 7.88. The van der Waals surface area contributed by atoms with Gasteiger partial charge in [-0.15, -0.1) is 24.8 Å². The number of nitrogens with one attached hydrogen (secondary N) is 2. The second kappa shape index (κ2) is 12.1. The van der Waals surface area contributed by atoms with Crippen LogP contribution in [0.3, 0.4) is 0 Å². The Hall–Kier alpha value is -2.79. The SMILES string of the molecule is Cc1nc2ccccc2c(Nc2ccc(Nc3ccccc3)cc2)c1CN1CCCCC1.Cl.Cl. The molecule has 2 N–H and O–H groups in total. The molecule has 1 saturated heterocycles. The first-order valence-electron chi connectivity index (χ1n) is 11.6. The van der Waals surface area contributed by atoms with Crippen molar-refractivity contribution in [3.63, 3.8) is 0 Å². The lowest BCUT2D eigenvalue weighted by Gasteiger charge is -2.28. The molecule has 1 aromatic heterocycles. The van der Waals surface area contributed by atoms with Crippen LogP contribution in [0.5, 0.6) is 0 Å². The van der Waals surface area contributed by atoms with Crippen LogP contribution in [-0.4, -0.2) is 23.0 Å². The van der Waals surface area contributed by atoms with Crippen molar-refractivity contribution in [1.82, 2.24) is 9.88 Å². The fraction of sp³-hybridized carbons (Fsp3) is 0.250. The molecule has 0 amide bonds. The Morgan fingerprint density at radius 1 is 0.706 bits per heavy atom. The Kier molecular flexibility index (Phi) is 9.17. The zero-order chi connectivity index (χ0) is 21.8. The lowest BCUT2D eigenvalue weighted by Crippen LogP contribution is -2.29. The minimum Gasteiger partial charge on any atom is -0.356 e. The van der Waals surface area contributed by atoms with E-state index in [0.29, 0.717) is 0 Å². The van der Waals surface area contributed by atoms with Crippen molar-refractivity contribution in [1.29, 1.82) is 0 Å². The normalized spacial score (nSPS) is 13.6. The van der Waals surface area contributed by atoms with Crippen molar-refractivity contribution in [2.24, 2.45) is 0 Å². The van der Waals surface area contributed by atoms with Crippen LogP contribution in [0.2, 0.25) is 0 Å². The molecule has 4 aromatic rings. The van der Waals surface area contributed by atoms with Crippen molar-refractivity contribution >= 4 is 58.5 Å². The number of aromatic nitrogens is 1. The fourth-order valence-electron chi connectivity index (χ4n) is 4.52. The molecule has 6 heteroatoms. The number of halogens is 2. The molecule has 0 spiro atoms. The van der Waals surface area contributed by atoms with Crippen molar-refractivity contribution in [2.75, 3.05) is 23.7 Å². The molecule has 1 aliphatic heterocycles. The van der Waals surface area contributed by atoms with E-state index in [1.54, 1.807) is 0 Å². The van der Waals surface area contributed by atoms with E-state index in [9.17, 15) is 0 Å². The zero-order valence-corrected chi connectivity index (χ0v) is 21.1. The standard InChI is InChI=1S/C28H30N4.2ClH/c1-21-26(20-32-18-8-3-9-19-32)28(25-12-6-7-13-27(25)29-21)31-24-16-14-23(15-17-24)30-22-10-4-2-5-11-22;;/h2,4-7,10-17,30H,3,8-9,18-20H2,1H3,(H,29,31);2*1H. The summed E-state index contributed by atoms with van der Waals surface area (Å²) in [5, 5.41) is 8.37. The van der Waals surface area contributed by atoms with Gasteiger partial charge in [-0.3, -0.25) is 9.88 Å². The Balaban J connectivity index is 0.00000162. The second-order valence-corrected chi connectivity index (χ2v) is 8.60. The highest BCUT2D eigenvalue weighted by Crippen LogP contribution is 2.33. The number of nitrogens with zero attached hydrogens (tertiary/aromatic N) is 2. The third-order valence-electron chi connectivity index (χ3n) is 6.25. The zero-order valence-electron chi connectivity index (χ0n) is 19.5. The predicted molar refractivity (Wildman–Crippen MR) is 150 cm³/mol. The lowest BCUT2D eigenvalue weighted by atomic mass is 10.0. The summed E-state index contributed by atoms with van der Waals surface area (Å²) < 4.78 is 0. The first-order valence-corrected chi connectivity index (χ1v) is 11.6. The highest BCUT2D eigenvalue weighted by atomic mass is 35.5. The highest BCUT2D eigenvalue weighted by Gasteiger charge is 2.18. The van der Waals surface area contributed by atoms with Crippen molar-refractivity contribution < 1.29 is 0 Å². The van der Waals surface area contributed by atoms with Crippen LogP contribution in [0.4, 0.5) is 22.7 Å². The molecule has 2 heterocycles. The Bertz CT molecular complexity index is 1190. The number of pyridine rings is 1. The molecule has 0 atom stereocenters. The van der Waals surface area contributed by atoms with Gasteiger partial charge in [0.25, 0.3) is 0 Å². The van der Waals surface area contributed by atoms with Crippen molar-refractivity contribution in [2.45, 2.75) is 32.7 Å². The predicted octanol–water partition coefficient (Wildman–Crippen LogP) is 7.86. The Morgan fingerprint density at radius 2 is 1.29 bits per heavy atom. The van der Waals surface area contributed by atoms with Gasteiger partial charge in [-0.2, -0.15) is 0 Å². The average Bonchev–Trinajstić information content (AvgIpc) is 2.84. The summed E-state index contributed by atoms with van der Waals surface area (Å²) in [4.78, 5) is 7.50. The first kappa shape index (κ1) is 25.8. The minimum absolute atomic E-state index is 0. The monoisotopic (exact) mass is 494 g/mol. The summed E-state index contributed by atoms with van der Waals surface area (Å²) in [7, 11) is 0. The molecular weight excluding hydrogens is 463 g/mol. The summed E-state index contributed by atoms with van der Waals surface area (Å²) in [6.07, 6.45) is 3.93. The summed E-state index contributed by atoms with van der Waals surface area (Å²) in [5.74, 6) is 0. The molecule has 1 fully saturated rings. The Morgan fingerprint density at radius 3 is 2.00 bits per heavy atom. The number of rotatable bonds is 6. The molecule has 1 aliphatic rings. The van der Waals surface area contributed by atoms with Gasteiger partial charge in [0, 0.05) is 40.3 Å². The van der Waals surface area contributed by atoms with E-state index in [1.165, 1.54) is 49.0 Å². The van der Waals surface area contributed by atoms with Gasteiger partial charge in [-0.05, 0) is 75.3 Å². The number of fused-ring (bicyclic) bond motifs is 1. The first-order chi connectivity index (χ1) is 15.8. The molecule has 0 saturated carbocycles. The van der Waals surface area contributed by atoms with Gasteiger partial charge in [-0.1, -0.05) is 42.8 Å². The maximum atomic E-state index is 4.93. The van der Waals surface area contributed by atoms with Crippen LogP contribution in [-0.2, 0) is 6.54 Å². The van der Waals surface area contributed by atoms with Crippen LogP contribution < -0.4 is 10.6 Å². The molecule has 0 unspecified atom stereocenters. The number of benzene rings is 3. The van der Waals surface area contributed by atoms with E-state index in [1.807, 2.05) is 18.2 Å². The van der Waals surface area contributed by atoms with Gasteiger partial charge < -0.3 is 10.6 Å². The minimum atomic E-state index is 0. The van der Waals surface area contributed by atoms with Gasteiger partial charge in [0.1, 0.15) is 0 Å². The number of hydrogen-bond acceptors (Lipinski definition) is 4. The van der Waals surface area contributed by atoms with Crippen LogP contribution in [0.15, 0.2) is 78.9 Å². The van der Waals surface area contributed by atoms with Crippen LogP contribution in [0.1, 0.15) is 30.5 Å². The number of aryl methyl sites for hydroxylation is 1. The number of hydrogen-bond donors (Lipinski definition) is 2. The topological polar surface area (TPSA) is 40.2 Å². The quantitative estimate of drug-likeness (QED) is 0.286. The third-order valence-corrected chi connectivity index (χ3v) is 6.25. The largest absolute Gasteiger partial charge is 0.356 e. The molecule has 0 radical (unpaired) electrons. The van der Waals surface area contributed by atoms with Gasteiger partial charge in [-0.25, -0.2) is 0 Å². The lowest BCUT2D eigenvalue weighted by molar-refractivity contribution is 0.220. The molecule has 0 bridgehead atoms. The van der Waals surface area contributed by atoms with E-state index in [-0.39, 0.29) is 24.8 Å². The maximum absolute atomic E-state index is 4.93. The van der Waals surface area contributed by atoms with Gasteiger partial charge >= 0.3 is 0 Å². The summed E-state index contributed by atoms with van der Waals surface area (Å²) >= 11 is 0. The van der Waals surface area contributed by atoms with Gasteiger partial charge in [0.15, 0.2) is 0 Å². The van der Waals surface area contributed by atoms with E-state index in [4.69, 9.17) is 4.98 Å². The number of likely N-dealkylation sites (tertiary alicyclic amines) is 1. The summed E-state index contributed by atoms with van der Waals surface area (Å²) in [6, 6.07) is 27.2.